The van der Waals surface area contributed by atoms with E-state index in [1.165, 1.54) is 0 Å². The van der Waals surface area contributed by atoms with Gasteiger partial charge in [0.1, 0.15) is 6.10 Å². The van der Waals surface area contributed by atoms with Crippen LogP contribution in [0.5, 0.6) is 0 Å². The van der Waals surface area contributed by atoms with Gasteiger partial charge in [-0.3, -0.25) is 9.59 Å². The third-order valence-corrected chi connectivity index (χ3v) is 3.71. The van der Waals surface area contributed by atoms with Gasteiger partial charge in [0, 0.05) is 12.2 Å². The van der Waals surface area contributed by atoms with E-state index < -0.39 is 6.10 Å². The van der Waals surface area contributed by atoms with Crippen LogP contribution in [-0.4, -0.2) is 37.1 Å². The zero-order valence-electron chi connectivity index (χ0n) is 12.8. The lowest BCUT2D eigenvalue weighted by atomic mass is 10.1. The molecule has 2 atom stereocenters. The lowest BCUT2D eigenvalue weighted by molar-refractivity contribution is -0.133. The molecule has 0 unspecified atom stereocenters. The Morgan fingerprint density at radius 3 is 2.86 bits per heavy atom. The van der Waals surface area contributed by atoms with Gasteiger partial charge in [0.05, 0.1) is 12.6 Å². The molecular weight excluding hydrogens is 282 g/mol. The molecule has 1 saturated heterocycles. The van der Waals surface area contributed by atoms with Gasteiger partial charge in [0.2, 0.25) is 11.8 Å². The van der Waals surface area contributed by atoms with Crippen LogP contribution >= 0.6 is 0 Å². The molecule has 4 N–H and O–H groups in total. The van der Waals surface area contributed by atoms with Gasteiger partial charge >= 0.3 is 0 Å². The van der Waals surface area contributed by atoms with Crippen molar-refractivity contribution < 1.29 is 14.3 Å². The molecule has 0 aliphatic carbocycles. The Hall–Kier alpha value is -1.92. The Balaban J connectivity index is 1.76. The molecule has 2 rings (SSSR count). The number of hydrogen-bond acceptors (Lipinski definition) is 4. The van der Waals surface area contributed by atoms with E-state index in [1.807, 2.05) is 24.3 Å². The highest BCUT2D eigenvalue weighted by Crippen LogP contribution is 2.18. The number of ether oxygens (including phenoxy) is 1. The van der Waals surface area contributed by atoms with Crippen molar-refractivity contribution in [1.82, 2.24) is 5.32 Å². The van der Waals surface area contributed by atoms with Crippen molar-refractivity contribution in [2.24, 2.45) is 5.73 Å². The molecule has 0 aromatic heterocycles. The number of amides is 2. The highest BCUT2D eigenvalue weighted by molar-refractivity contribution is 5.95. The second kappa shape index (κ2) is 7.91. The Morgan fingerprint density at radius 2 is 2.18 bits per heavy atom. The second-order valence-corrected chi connectivity index (χ2v) is 5.38. The van der Waals surface area contributed by atoms with Crippen molar-refractivity contribution in [2.75, 3.05) is 18.4 Å². The fourth-order valence-corrected chi connectivity index (χ4v) is 2.43. The van der Waals surface area contributed by atoms with Crippen LogP contribution in [-0.2, 0) is 20.7 Å². The first-order valence-corrected chi connectivity index (χ1v) is 7.64. The SMILES string of the molecule is CCc1cccc(NC(=O)CNC(=O)[C@@H]2CC[C@H](CN)O2)c1. The first-order chi connectivity index (χ1) is 10.6. The summed E-state index contributed by atoms with van der Waals surface area (Å²) in [4.78, 5) is 23.8. The van der Waals surface area contributed by atoms with Crippen molar-refractivity contribution in [1.29, 1.82) is 0 Å². The Bertz CT molecular complexity index is 533. The van der Waals surface area contributed by atoms with E-state index >= 15 is 0 Å². The largest absolute Gasteiger partial charge is 0.364 e. The summed E-state index contributed by atoms with van der Waals surface area (Å²) in [5, 5.41) is 5.37. The quantitative estimate of drug-likeness (QED) is 0.725. The van der Waals surface area contributed by atoms with Crippen LogP contribution in [0.4, 0.5) is 5.69 Å². The lowest BCUT2D eigenvalue weighted by Crippen LogP contribution is -2.39. The van der Waals surface area contributed by atoms with Crippen LogP contribution in [0, 0.1) is 0 Å². The molecular formula is C16H23N3O3. The van der Waals surface area contributed by atoms with E-state index in [0.29, 0.717) is 13.0 Å². The lowest BCUT2D eigenvalue weighted by Gasteiger charge is -2.13. The maximum Gasteiger partial charge on any atom is 0.249 e. The second-order valence-electron chi connectivity index (χ2n) is 5.38. The molecule has 1 aromatic rings. The minimum absolute atomic E-state index is 0.0543. The Labute approximate surface area is 130 Å². The van der Waals surface area contributed by atoms with Crippen LogP contribution in [0.3, 0.4) is 0 Å². The molecule has 6 nitrogen and oxygen atoms in total. The summed E-state index contributed by atoms with van der Waals surface area (Å²) in [6.07, 6.45) is 1.78. The van der Waals surface area contributed by atoms with Gasteiger partial charge in [0.25, 0.3) is 0 Å². The molecule has 2 amide bonds. The molecule has 6 heteroatoms. The summed E-state index contributed by atoms with van der Waals surface area (Å²) in [6, 6.07) is 7.64. The minimum atomic E-state index is -0.496. The Morgan fingerprint density at radius 1 is 1.36 bits per heavy atom. The molecule has 0 bridgehead atoms. The molecule has 0 radical (unpaired) electrons. The third-order valence-electron chi connectivity index (χ3n) is 3.71. The summed E-state index contributed by atoms with van der Waals surface area (Å²) < 4.78 is 5.48. The molecule has 22 heavy (non-hydrogen) atoms. The standard InChI is InChI=1S/C16H23N3O3/c1-2-11-4-3-5-12(8-11)19-15(20)10-18-16(21)14-7-6-13(9-17)22-14/h3-5,8,13-14H,2,6-7,9-10,17H2,1H3,(H,18,21)(H,19,20)/t13-,14+/m1/s1. The van der Waals surface area contributed by atoms with E-state index in [-0.39, 0.29) is 24.5 Å². The van der Waals surface area contributed by atoms with Gasteiger partial charge < -0.3 is 21.1 Å². The van der Waals surface area contributed by atoms with Gasteiger partial charge in [0.15, 0.2) is 0 Å². The smallest absolute Gasteiger partial charge is 0.249 e. The highest BCUT2D eigenvalue weighted by atomic mass is 16.5. The highest BCUT2D eigenvalue weighted by Gasteiger charge is 2.29. The number of anilines is 1. The predicted molar refractivity (Wildman–Crippen MR) is 84.4 cm³/mol. The molecule has 1 aromatic carbocycles. The Kier molecular flexibility index (Phi) is 5.91. The number of rotatable bonds is 6. The van der Waals surface area contributed by atoms with Crippen molar-refractivity contribution in [3.63, 3.8) is 0 Å². The summed E-state index contributed by atoms with van der Waals surface area (Å²) in [5.74, 6) is -0.511. The van der Waals surface area contributed by atoms with E-state index in [0.717, 1.165) is 24.1 Å². The van der Waals surface area contributed by atoms with Crippen LogP contribution in [0.15, 0.2) is 24.3 Å². The summed E-state index contributed by atoms with van der Waals surface area (Å²) in [5.41, 5.74) is 7.39. The number of nitrogens with two attached hydrogens (primary N) is 1. The average molecular weight is 305 g/mol. The maximum absolute atomic E-state index is 11.9. The van der Waals surface area contributed by atoms with Crippen LogP contribution in [0.1, 0.15) is 25.3 Å². The first-order valence-electron chi connectivity index (χ1n) is 7.64. The molecule has 1 aliphatic heterocycles. The van der Waals surface area contributed by atoms with Crippen LogP contribution in [0.25, 0.3) is 0 Å². The number of hydrogen-bond donors (Lipinski definition) is 3. The fraction of sp³-hybridized carbons (Fsp3) is 0.500. The fourth-order valence-electron chi connectivity index (χ4n) is 2.43. The van der Waals surface area contributed by atoms with E-state index in [4.69, 9.17) is 10.5 Å². The number of benzene rings is 1. The van der Waals surface area contributed by atoms with Crippen molar-refractivity contribution in [3.8, 4) is 0 Å². The number of carbonyl (C=O) groups is 2. The van der Waals surface area contributed by atoms with Gasteiger partial charge in [-0.05, 0) is 37.0 Å². The zero-order chi connectivity index (χ0) is 15.9. The van der Waals surface area contributed by atoms with Crippen molar-refractivity contribution in [3.05, 3.63) is 29.8 Å². The van der Waals surface area contributed by atoms with E-state index in [9.17, 15) is 9.59 Å². The van der Waals surface area contributed by atoms with Gasteiger partial charge in [-0.15, -0.1) is 0 Å². The van der Waals surface area contributed by atoms with Crippen molar-refractivity contribution in [2.45, 2.75) is 38.4 Å². The third kappa shape index (κ3) is 4.54. The first kappa shape index (κ1) is 16.5. The number of aryl methyl sites for hydroxylation is 1. The molecule has 120 valence electrons. The summed E-state index contributed by atoms with van der Waals surface area (Å²) >= 11 is 0. The molecule has 1 aliphatic rings. The van der Waals surface area contributed by atoms with Crippen molar-refractivity contribution >= 4 is 17.5 Å². The number of carbonyl (C=O) groups excluding carboxylic acids is 2. The maximum atomic E-state index is 11.9. The predicted octanol–water partition coefficient (Wildman–Crippen LogP) is 0.810. The zero-order valence-corrected chi connectivity index (χ0v) is 12.8. The summed E-state index contributed by atoms with van der Waals surface area (Å²) in [7, 11) is 0. The topological polar surface area (TPSA) is 93.5 Å². The molecule has 0 saturated carbocycles. The monoisotopic (exact) mass is 305 g/mol. The van der Waals surface area contributed by atoms with Gasteiger partial charge in [-0.1, -0.05) is 19.1 Å². The van der Waals surface area contributed by atoms with Crippen LogP contribution in [0.2, 0.25) is 0 Å². The minimum Gasteiger partial charge on any atom is -0.364 e. The summed E-state index contributed by atoms with van der Waals surface area (Å²) in [6.45, 7) is 2.40. The van der Waals surface area contributed by atoms with E-state index in [2.05, 4.69) is 17.6 Å². The van der Waals surface area contributed by atoms with Gasteiger partial charge in [-0.2, -0.15) is 0 Å². The van der Waals surface area contributed by atoms with Gasteiger partial charge in [-0.25, -0.2) is 0 Å². The molecule has 0 spiro atoms. The molecule has 1 heterocycles. The number of nitrogens with one attached hydrogen (secondary N) is 2. The molecule has 1 fully saturated rings. The average Bonchev–Trinajstić information content (AvgIpc) is 3.02. The van der Waals surface area contributed by atoms with Crippen LogP contribution < -0.4 is 16.4 Å². The van der Waals surface area contributed by atoms with E-state index in [1.54, 1.807) is 0 Å². The normalized spacial score (nSPS) is 20.6.